The SMILES string of the molecule is Cc1cccn2c(CC(=O)N3CC[C@@](O)(CN(C)C)C3)cnc12. The van der Waals surface area contributed by atoms with Gasteiger partial charge in [-0.15, -0.1) is 0 Å². The number of fused-ring (bicyclic) bond motifs is 1. The highest BCUT2D eigenvalue weighted by Crippen LogP contribution is 2.23. The highest BCUT2D eigenvalue weighted by Gasteiger charge is 2.38. The first-order valence-corrected chi connectivity index (χ1v) is 7.94. The molecule has 6 nitrogen and oxygen atoms in total. The van der Waals surface area contributed by atoms with Crippen LogP contribution in [0.3, 0.4) is 0 Å². The van der Waals surface area contributed by atoms with Gasteiger partial charge in [-0.1, -0.05) is 6.07 Å². The first-order valence-electron chi connectivity index (χ1n) is 7.94. The number of hydrogen-bond donors (Lipinski definition) is 1. The maximum atomic E-state index is 12.6. The van der Waals surface area contributed by atoms with Crippen LogP contribution in [-0.4, -0.2) is 69.5 Å². The Bertz CT molecular complexity index is 724. The van der Waals surface area contributed by atoms with Crippen LogP contribution in [0.2, 0.25) is 0 Å². The van der Waals surface area contributed by atoms with Crippen molar-refractivity contribution in [2.75, 3.05) is 33.7 Å². The van der Waals surface area contributed by atoms with Crippen molar-refractivity contribution in [1.29, 1.82) is 0 Å². The first-order chi connectivity index (χ1) is 10.9. The Kier molecular flexibility index (Phi) is 4.12. The number of nitrogens with zero attached hydrogens (tertiary/aromatic N) is 4. The zero-order chi connectivity index (χ0) is 16.6. The van der Waals surface area contributed by atoms with Crippen LogP contribution < -0.4 is 0 Å². The van der Waals surface area contributed by atoms with Gasteiger partial charge in [-0.3, -0.25) is 4.79 Å². The van der Waals surface area contributed by atoms with E-state index in [1.807, 2.05) is 48.6 Å². The normalized spacial score (nSPS) is 21.5. The maximum absolute atomic E-state index is 12.6. The molecule has 2 aromatic rings. The third kappa shape index (κ3) is 3.23. The minimum absolute atomic E-state index is 0.0444. The van der Waals surface area contributed by atoms with E-state index in [0.29, 0.717) is 32.5 Å². The van der Waals surface area contributed by atoms with Crippen LogP contribution in [0.1, 0.15) is 17.7 Å². The van der Waals surface area contributed by atoms with Gasteiger partial charge in [0.2, 0.25) is 5.91 Å². The molecule has 1 aliphatic rings. The molecule has 2 aromatic heterocycles. The Labute approximate surface area is 136 Å². The number of carbonyl (C=O) groups excluding carboxylic acids is 1. The van der Waals surface area contributed by atoms with Crippen molar-refractivity contribution in [2.45, 2.75) is 25.4 Å². The van der Waals surface area contributed by atoms with Gasteiger partial charge in [0, 0.05) is 25.5 Å². The first kappa shape index (κ1) is 16.0. The number of aromatic nitrogens is 2. The Morgan fingerprint density at radius 2 is 2.26 bits per heavy atom. The number of pyridine rings is 1. The molecule has 1 atom stereocenters. The van der Waals surface area contributed by atoms with E-state index in [1.54, 1.807) is 11.1 Å². The zero-order valence-corrected chi connectivity index (χ0v) is 14.0. The van der Waals surface area contributed by atoms with Crippen molar-refractivity contribution in [3.63, 3.8) is 0 Å². The second kappa shape index (κ2) is 5.94. The van der Waals surface area contributed by atoms with Crippen molar-refractivity contribution >= 4 is 11.6 Å². The van der Waals surface area contributed by atoms with E-state index >= 15 is 0 Å². The lowest BCUT2D eigenvalue weighted by Gasteiger charge is -2.26. The van der Waals surface area contributed by atoms with Gasteiger partial charge in [0.1, 0.15) is 5.65 Å². The van der Waals surface area contributed by atoms with E-state index in [1.165, 1.54) is 0 Å². The summed E-state index contributed by atoms with van der Waals surface area (Å²) in [5.74, 6) is 0.0444. The highest BCUT2D eigenvalue weighted by molar-refractivity contribution is 5.79. The molecule has 23 heavy (non-hydrogen) atoms. The number of β-amino-alcohol motifs (C(OH)–C–C–N with tert-alkyl or cyclic N) is 1. The summed E-state index contributed by atoms with van der Waals surface area (Å²) in [5.41, 5.74) is 2.07. The predicted octanol–water partition coefficient (Wildman–Crippen LogP) is 0.710. The Hall–Kier alpha value is -1.92. The lowest BCUT2D eigenvalue weighted by Crippen LogP contribution is -2.43. The van der Waals surface area contributed by atoms with Gasteiger partial charge in [-0.05, 0) is 39.1 Å². The Balaban J connectivity index is 1.71. The van der Waals surface area contributed by atoms with Crippen LogP contribution in [0.15, 0.2) is 24.5 Å². The summed E-state index contributed by atoms with van der Waals surface area (Å²) in [7, 11) is 3.87. The third-order valence-electron chi connectivity index (χ3n) is 4.44. The van der Waals surface area contributed by atoms with Gasteiger partial charge in [-0.25, -0.2) is 4.98 Å². The predicted molar refractivity (Wildman–Crippen MR) is 88.3 cm³/mol. The number of amides is 1. The molecule has 0 bridgehead atoms. The molecule has 6 heteroatoms. The molecule has 0 radical (unpaired) electrons. The smallest absolute Gasteiger partial charge is 0.228 e. The monoisotopic (exact) mass is 316 g/mol. The van der Waals surface area contributed by atoms with E-state index in [2.05, 4.69) is 4.98 Å². The van der Waals surface area contributed by atoms with Crippen molar-refractivity contribution in [3.05, 3.63) is 35.8 Å². The summed E-state index contributed by atoms with van der Waals surface area (Å²) < 4.78 is 1.97. The Morgan fingerprint density at radius 1 is 1.48 bits per heavy atom. The molecule has 0 saturated carbocycles. The molecule has 1 fully saturated rings. The number of carbonyl (C=O) groups is 1. The number of rotatable bonds is 4. The lowest BCUT2D eigenvalue weighted by atomic mass is 10.0. The molecule has 1 aliphatic heterocycles. The number of aliphatic hydroxyl groups is 1. The quantitative estimate of drug-likeness (QED) is 0.902. The fraction of sp³-hybridized carbons (Fsp3) is 0.529. The summed E-state index contributed by atoms with van der Waals surface area (Å²) in [4.78, 5) is 20.7. The summed E-state index contributed by atoms with van der Waals surface area (Å²) >= 11 is 0. The molecule has 124 valence electrons. The number of imidazole rings is 1. The van der Waals surface area contributed by atoms with Crippen molar-refractivity contribution in [2.24, 2.45) is 0 Å². The number of likely N-dealkylation sites (N-methyl/N-ethyl adjacent to an activating group) is 1. The Morgan fingerprint density at radius 3 is 3.00 bits per heavy atom. The maximum Gasteiger partial charge on any atom is 0.228 e. The van der Waals surface area contributed by atoms with Gasteiger partial charge in [0.15, 0.2) is 0 Å². The van der Waals surface area contributed by atoms with Gasteiger partial charge in [0.05, 0.1) is 24.3 Å². The van der Waals surface area contributed by atoms with Crippen LogP contribution in [0.4, 0.5) is 0 Å². The van der Waals surface area contributed by atoms with Crippen molar-refractivity contribution < 1.29 is 9.90 Å². The standard InChI is InChI=1S/C17H24N4O2/c1-13-5-4-7-21-14(10-18-16(13)21)9-15(22)20-8-6-17(23,12-20)11-19(2)3/h4-5,7,10,23H,6,8-9,11-12H2,1-3H3/t17-/m1/s1. The average molecular weight is 316 g/mol. The fourth-order valence-corrected chi connectivity index (χ4v) is 3.39. The molecule has 1 amide bonds. The van der Waals surface area contributed by atoms with Crippen molar-refractivity contribution in [1.82, 2.24) is 19.2 Å². The van der Waals surface area contributed by atoms with Crippen LogP contribution in [-0.2, 0) is 11.2 Å². The van der Waals surface area contributed by atoms with E-state index in [0.717, 1.165) is 16.9 Å². The average Bonchev–Trinajstić information content (AvgIpc) is 3.04. The van der Waals surface area contributed by atoms with Crippen LogP contribution >= 0.6 is 0 Å². The summed E-state index contributed by atoms with van der Waals surface area (Å²) in [6, 6.07) is 3.97. The molecule has 3 rings (SSSR count). The topological polar surface area (TPSA) is 61.1 Å². The molecule has 1 N–H and O–H groups in total. The van der Waals surface area contributed by atoms with Gasteiger partial charge in [-0.2, -0.15) is 0 Å². The second-order valence-electron chi connectivity index (χ2n) is 6.84. The molecular formula is C17H24N4O2. The van der Waals surface area contributed by atoms with Crippen molar-refractivity contribution in [3.8, 4) is 0 Å². The second-order valence-corrected chi connectivity index (χ2v) is 6.84. The molecule has 0 aromatic carbocycles. The summed E-state index contributed by atoms with van der Waals surface area (Å²) in [6.07, 6.45) is 4.64. The minimum Gasteiger partial charge on any atom is -0.387 e. The number of hydrogen-bond acceptors (Lipinski definition) is 4. The fourth-order valence-electron chi connectivity index (χ4n) is 3.39. The van der Waals surface area contributed by atoms with Crippen LogP contribution in [0.25, 0.3) is 5.65 Å². The van der Waals surface area contributed by atoms with E-state index < -0.39 is 5.60 Å². The molecular weight excluding hydrogens is 292 g/mol. The van der Waals surface area contributed by atoms with Gasteiger partial charge < -0.3 is 19.3 Å². The minimum atomic E-state index is -0.796. The molecule has 0 spiro atoms. The summed E-state index contributed by atoms with van der Waals surface area (Å²) in [5, 5.41) is 10.6. The van der Waals surface area contributed by atoms with Gasteiger partial charge in [0.25, 0.3) is 0 Å². The molecule has 0 aliphatic carbocycles. The van der Waals surface area contributed by atoms with E-state index in [9.17, 15) is 9.90 Å². The molecule has 0 unspecified atom stereocenters. The number of likely N-dealkylation sites (tertiary alicyclic amines) is 1. The van der Waals surface area contributed by atoms with E-state index in [-0.39, 0.29) is 5.91 Å². The lowest BCUT2D eigenvalue weighted by molar-refractivity contribution is -0.130. The number of aryl methyl sites for hydroxylation is 1. The van der Waals surface area contributed by atoms with Gasteiger partial charge >= 0.3 is 0 Å². The zero-order valence-electron chi connectivity index (χ0n) is 14.0. The molecule has 3 heterocycles. The highest BCUT2D eigenvalue weighted by atomic mass is 16.3. The van der Waals surface area contributed by atoms with Crippen LogP contribution in [0, 0.1) is 6.92 Å². The third-order valence-corrected chi connectivity index (χ3v) is 4.44. The molecule has 1 saturated heterocycles. The van der Waals surface area contributed by atoms with Crippen LogP contribution in [0.5, 0.6) is 0 Å². The largest absolute Gasteiger partial charge is 0.387 e. The van der Waals surface area contributed by atoms with E-state index in [4.69, 9.17) is 0 Å². The summed E-state index contributed by atoms with van der Waals surface area (Å²) in [6.45, 7) is 3.60.